The molecular formula is C36H21Li4N5O13S4. The SMILES string of the molecule is O=S(=O)([O-])c1c[c-]cc2ccc(N=Nc3ccc(N=Nc4[c-]cc5cc(Nc6ccccc6)ccc5c4O)c4cc[c-]cc34)cc12.O=S(=O)=O.O=S(=O)=O.O=S(=O)=O.[Li+].[Li+].[Li+].[Li+]. The van der Waals surface area contributed by atoms with E-state index in [2.05, 4.69) is 44.0 Å². The second-order valence-electron chi connectivity index (χ2n) is 10.9. The minimum Gasteiger partial charge on any atom is -0.754 e. The number of aromatic hydroxyl groups is 1. The Morgan fingerprint density at radius 1 is 0.548 bits per heavy atom. The van der Waals surface area contributed by atoms with Gasteiger partial charge in [-0.15, -0.1) is 60.1 Å². The summed E-state index contributed by atoms with van der Waals surface area (Å²) in [5.74, 6) is -0.0308. The van der Waals surface area contributed by atoms with Gasteiger partial charge in [-0.25, -0.2) is 0 Å². The zero-order valence-electron chi connectivity index (χ0n) is 32.7. The molecule has 0 unspecified atom stereocenters. The van der Waals surface area contributed by atoms with Crippen molar-refractivity contribution in [2.24, 2.45) is 20.5 Å². The van der Waals surface area contributed by atoms with Gasteiger partial charge in [-0.1, -0.05) is 46.5 Å². The Morgan fingerprint density at radius 3 is 1.76 bits per heavy atom. The minimum absolute atomic E-state index is 0. The van der Waals surface area contributed by atoms with E-state index < -0.39 is 41.9 Å². The molecular weight excluding hydrogens is 866 g/mol. The number of anilines is 2. The summed E-state index contributed by atoms with van der Waals surface area (Å²) in [6, 6.07) is 42.3. The summed E-state index contributed by atoms with van der Waals surface area (Å²) >= 11 is 0. The van der Waals surface area contributed by atoms with Gasteiger partial charge in [0.05, 0.1) is 21.5 Å². The summed E-state index contributed by atoms with van der Waals surface area (Å²) in [6.07, 6.45) is 0. The molecule has 0 amide bonds. The van der Waals surface area contributed by atoms with Crippen LogP contribution in [0, 0.1) is 18.2 Å². The van der Waals surface area contributed by atoms with Gasteiger partial charge < -0.3 is 15.0 Å². The van der Waals surface area contributed by atoms with Gasteiger partial charge in [-0.2, -0.15) is 75.1 Å². The Kier molecular flexibility index (Phi) is 25.3. The van der Waals surface area contributed by atoms with Gasteiger partial charge >= 0.3 is 107 Å². The van der Waals surface area contributed by atoms with E-state index >= 15 is 0 Å². The van der Waals surface area contributed by atoms with Crippen LogP contribution < -0.4 is 80.8 Å². The zero-order chi connectivity index (χ0) is 42.4. The summed E-state index contributed by atoms with van der Waals surface area (Å²) in [6.45, 7) is 0. The Hall–Kier alpha value is -4.72. The molecule has 0 heterocycles. The van der Waals surface area contributed by atoms with Crippen molar-refractivity contribution in [3.63, 3.8) is 0 Å². The Morgan fingerprint density at radius 2 is 1.15 bits per heavy atom. The van der Waals surface area contributed by atoms with E-state index in [0.29, 0.717) is 33.2 Å². The number of benzene rings is 7. The number of phenolic OH excluding ortho intramolecular Hbond substituents is 1. The molecule has 7 aromatic rings. The largest absolute Gasteiger partial charge is 1.00 e. The number of nitrogens with one attached hydrogen (secondary N) is 1. The molecule has 0 radical (unpaired) electrons. The van der Waals surface area contributed by atoms with Crippen molar-refractivity contribution in [2.75, 3.05) is 5.32 Å². The van der Waals surface area contributed by atoms with E-state index in [9.17, 15) is 18.1 Å². The molecule has 0 spiro atoms. The van der Waals surface area contributed by atoms with Crippen molar-refractivity contribution >= 4 is 108 Å². The quantitative estimate of drug-likeness (QED) is 0.0655. The van der Waals surface area contributed by atoms with Crippen LogP contribution in [0.25, 0.3) is 32.3 Å². The van der Waals surface area contributed by atoms with Crippen molar-refractivity contribution in [3.05, 3.63) is 133 Å². The first-order chi connectivity index (χ1) is 27.5. The van der Waals surface area contributed by atoms with Gasteiger partial charge in [0.25, 0.3) is 0 Å². The van der Waals surface area contributed by atoms with Crippen LogP contribution in [0.4, 0.5) is 34.1 Å². The third kappa shape index (κ3) is 17.6. The van der Waals surface area contributed by atoms with Crippen molar-refractivity contribution in [3.8, 4) is 5.75 Å². The maximum absolute atomic E-state index is 11.7. The molecule has 18 nitrogen and oxygen atoms in total. The summed E-state index contributed by atoms with van der Waals surface area (Å²) in [5, 5.41) is 35.4. The second-order valence-corrected chi connectivity index (χ2v) is 13.5. The van der Waals surface area contributed by atoms with E-state index in [-0.39, 0.29) is 97.2 Å². The topological polar surface area (TPSA) is 293 Å². The standard InChI is InChI=1S/C36H22N5O4S.4Li.3O3S/c42-36-28-17-16-26(37-25-8-2-1-3-9-25)21-24(28)14-18-34(36)41-40-33-20-19-32(29-10-4-5-11-30(29)33)39-38-27-15-13-23-7-6-12-35(31(23)22-27)46(43,44)45;;;;;3*1-4(2)3/h1-3,5,7-17,19-22,37,42H,(H,43,44,45);;;;;;;/q-3;4*+1;;;/p-1. The number of para-hydroxylation sites is 1. The molecule has 7 rings (SSSR count). The molecule has 26 heteroatoms. The van der Waals surface area contributed by atoms with Crippen LogP contribution in [-0.2, 0) is 41.9 Å². The van der Waals surface area contributed by atoms with Crippen LogP contribution >= 0.6 is 0 Å². The smallest absolute Gasteiger partial charge is 0.754 e. The van der Waals surface area contributed by atoms with Crippen molar-refractivity contribution < 1.29 is 131 Å². The van der Waals surface area contributed by atoms with E-state index in [1.54, 1.807) is 48.5 Å². The number of phenols is 1. The third-order valence-corrected chi connectivity index (χ3v) is 8.21. The monoisotopic (exact) mass is 887 g/mol. The van der Waals surface area contributed by atoms with Crippen molar-refractivity contribution in [2.45, 2.75) is 4.90 Å². The van der Waals surface area contributed by atoms with Crippen LogP contribution in [-0.4, -0.2) is 56.0 Å². The molecule has 0 saturated carbocycles. The van der Waals surface area contributed by atoms with Gasteiger partial charge in [0.2, 0.25) is 0 Å². The van der Waals surface area contributed by atoms with Crippen molar-refractivity contribution in [1.82, 2.24) is 0 Å². The minimum atomic E-state index is -4.70. The Balaban J connectivity index is 0.00000208. The van der Waals surface area contributed by atoms with Gasteiger partial charge in [0.15, 0.2) is 0 Å². The molecule has 0 aromatic heterocycles. The molecule has 296 valence electrons. The van der Waals surface area contributed by atoms with Crippen LogP contribution in [0.5, 0.6) is 5.75 Å². The fourth-order valence-electron chi connectivity index (χ4n) is 5.11. The fraction of sp³-hybridized carbons (Fsp3) is 0. The van der Waals surface area contributed by atoms with E-state index in [0.717, 1.165) is 28.2 Å². The maximum Gasteiger partial charge on any atom is 1.00 e. The molecule has 0 aliphatic carbocycles. The van der Waals surface area contributed by atoms with Gasteiger partial charge in [0, 0.05) is 28.5 Å². The predicted octanol–water partition coefficient (Wildman–Crippen LogP) is -5.27. The summed E-state index contributed by atoms with van der Waals surface area (Å²) in [5.41, 5.74) is 3.45. The Bertz CT molecular complexity index is 3100. The van der Waals surface area contributed by atoms with Crippen LogP contribution in [0.15, 0.2) is 141 Å². The Labute approximate surface area is 406 Å². The molecule has 0 saturated heterocycles. The molecule has 0 aliphatic rings. The summed E-state index contributed by atoms with van der Waals surface area (Å²) in [7, 11) is -14.0. The number of azo groups is 2. The van der Waals surface area contributed by atoms with E-state index in [1.165, 1.54) is 6.07 Å². The van der Waals surface area contributed by atoms with Gasteiger partial charge in [-0.3, -0.25) is 8.42 Å². The molecule has 0 fully saturated rings. The second kappa shape index (κ2) is 27.4. The molecule has 2 N–H and O–H groups in total. The number of fused-ring (bicyclic) bond motifs is 3. The van der Waals surface area contributed by atoms with Crippen molar-refractivity contribution in [1.29, 1.82) is 0 Å². The molecule has 0 atom stereocenters. The normalized spacial score (nSPS) is 10.1. The average molecular weight is 888 g/mol. The van der Waals surface area contributed by atoms with E-state index in [4.69, 9.17) is 37.9 Å². The predicted molar refractivity (Wildman–Crippen MR) is 205 cm³/mol. The number of hydrogen-bond acceptors (Lipinski definition) is 18. The first-order valence-electron chi connectivity index (χ1n) is 15.5. The summed E-state index contributed by atoms with van der Waals surface area (Å²) in [4.78, 5) is -0.365. The molecule has 0 aliphatic heterocycles. The average Bonchev–Trinajstić information content (AvgIpc) is 3.16. The first-order valence-corrected chi connectivity index (χ1v) is 19.9. The number of hydrogen-bond donors (Lipinski definition) is 2. The number of nitrogens with zero attached hydrogens (tertiary/aromatic N) is 4. The fourth-order valence-corrected chi connectivity index (χ4v) is 5.77. The third-order valence-electron chi connectivity index (χ3n) is 7.33. The van der Waals surface area contributed by atoms with Gasteiger partial charge in [0.1, 0.15) is 0 Å². The van der Waals surface area contributed by atoms with Crippen LogP contribution in [0.3, 0.4) is 0 Å². The van der Waals surface area contributed by atoms with Crippen LogP contribution in [0.2, 0.25) is 0 Å². The van der Waals surface area contributed by atoms with Gasteiger partial charge in [-0.05, 0) is 47.4 Å². The van der Waals surface area contributed by atoms with Crippen LogP contribution in [0.1, 0.15) is 0 Å². The maximum atomic E-state index is 11.7. The summed E-state index contributed by atoms with van der Waals surface area (Å²) < 4.78 is 111. The first kappa shape index (κ1) is 57.3. The molecule has 7 aromatic carbocycles. The zero-order valence-corrected chi connectivity index (χ0v) is 36.0. The molecule has 62 heavy (non-hydrogen) atoms. The number of rotatable bonds is 7. The molecule has 0 bridgehead atoms. The van der Waals surface area contributed by atoms with E-state index in [1.807, 2.05) is 54.6 Å².